The van der Waals surface area contributed by atoms with Crippen LogP contribution in [0.4, 0.5) is 0 Å². The minimum atomic E-state index is 1.07. The first-order chi connectivity index (χ1) is 6.24. The van der Waals surface area contributed by atoms with E-state index >= 15 is 0 Å². The predicted octanol–water partition coefficient (Wildman–Crippen LogP) is 3.80. The first-order valence-electron chi connectivity index (χ1n) is 4.49. The molecule has 68 valence electrons. The Morgan fingerprint density at radius 2 is 2.15 bits per heavy atom. The molecule has 0 unspecified atom stereocenters. The third-order valence-electron chi connectivity index (χ3n) is 2.46. The van der Waals surface area contributed by atoms with Crippen LogP contribution in [-0.2, 0) is 6.42 Å². The van der Waals surface area contributed by atoms with Crippen LogP contribution in [0.5, 0.6) is 0 Å². The molecular formula is C11H12BrN. The smallest absolute Gasteiger partial charge is 0.0497 e. The van der Waals surface area contributed by atoms with E-state index in [-0.39, 0.29) is 0 Å². The Balaban J connectivity index is 2.87. The summed E-state index contributed by atoms with van der Waals surface area (Å²) in [6, 6.07) is 4.24. The summed E-state index contributed by atoms with van der Waals surface area (Å²) in [5, 5.41) is 1.34. The highest BCUT2D eigenvalue weighted by atomic mass is 79.9. The molecule has 0 saturated heterocycles. The second-order valence-corrected chi connectivity index (χ2v) is 4.14. The zero-order valence-electron chi connectivity index (χ0n) is 7.82. The normalized spacial score (nSPS) is 11.0. The number of aromatic nitrogens is 1. The van der Waals surface area contributed by atoms with E-state index in [1.165, 1.54) is 26.5 Å². The Morgan fingerprint density at radius 1 is 1.38 bits per heavy atom. The van der Waals surface area contributed by atoms with Gasteiger partial charge >= 0.3 is 0 Å². The molecule has 1 heterocycles. The first kappa shape index (κ1) is 8.82. The summed E-state index contributed by atoms with van der Waals surface area (Å²) in [6.07, 6.45) is 3.17. The highest BCUT2D eigenvalue weighted by Gasteiger charge is 2.06. The number of fused-ring (bicyclic) bond motifs is 1. The number of nitrogens with one attached hydrogen (secondary N) is 1. The summed E-state index contributed by atoms with van der Waals surface area (Å²) in [5.41, 5.74) is 3.94. The molecule has 0 aliphatic carbocycles. The van der Waals surface area contributed by atoms with Gasteiger partial charge in [0.15, 0.2) is 0 Å². The Kier molecular flexibility index (Phi) is 2.16. The van der Waals surface area contributed by atoms with E-state index < -0.39 is 0 Å². The van der Waals surface area contributed by atoms with Gasteiger partial charge in [-0.3, -0.25) is 0 Å². The molecule has 0 aliphatic heterocycles. The van der Waals surface area contributed by atoms with Crippen LogP contribution in [0, 0.1) is 6.92 Å². The summed E-state index contributed by atoms with van der Waals surface area (Å²) in [4.78, 5) is 3.32. The molecule has 0 atom stereocenters. The molecule has 0 spiro atoms. The first-order valence-corrected chi connectivity index (χ1v) is 5.28. The van der Waals surface area contributed by atoms with Gasteiger partial charge in [-0.1, -0.05) is 28.9 Å². The Hall–Kier alpha value is -0.760. The number of benzene rings is 1. The van der Waals surface area contributed by atoms with Crippen molar-refractivity contribution in [2.24, 2.45) is 0 Å². The van der Waals surface area contributed by atoms with Crippen molar-refractivity contribution in [2.75, 3.05) is 0 Å². The van der Waals surface area contributed by atoms with Gasteiger partial charge in [0, 0.05) is 21.6 Å². The standard InChI is InChI=1S/C11H12BrN/c1-3-8-6-13-11-7(2)4-5-9(12)10(8)11/h4-6,13H,3H2,1-2H3. The van der Waals surface area contributed by atoms with Crippen molar-refractivity contribution in [3.63, 3.8) is 0 Å². The minimum absolute atomic E-state index is 1.07. The van der Waals surface area contributed by atoms with Gasteiger partial charge in [-0.25, -0.2) is 0 Å². The molecule has 1 aromatic carbocycles. The maximum atomic E-state index is 3.58. The number of hydrogen-bond acceptors (Lipinski definition) is 0. The maximum Gasteiger partial charge on any atom is 0.0497 e. The van der Waals surface area contributed by atoms with Gasteiger partial charge in [0.05, 0.1) is 0 Å². The molecule has 0 aliphatic rings. The van der Waals surface area contributed by atoms with Gasteiger partial charge in [0.2, 0.25) is 0 Å². The minimum Gasteiger partial charge on any atom is -0.361 e. The zero-order valence-corrected chi connectivity index (χ0v) is 9.40. The number of aromatic amines is 1. The molecule has 1 aromatic heterocycles. The van der Waals surface area contributed by atoms with E-state index in [1.54, 1.807) is 0 Å². The van der Waals surface area contributed by atoms with Crippen LogP contribution in [-0.4, -0.2) is 4.98 Å². The van der Waals surface area contributed by atoms with Crippen molar-refractivity contribution in [3.05, 3.63) is 33.9 Å². The molecule has 0 amide bonds. The molecule has 2 aromatic rings. The molecule has 0 fully saturated rings. The van der Waals surface area contributed by atoms with Crippen molar-refractivity contribution in [1.29, 1.82) is 0 Å². The van der Waals surface area contributed by atoms with Crippen molar-refractivity contribution in [3.8, 4) is 0 Å². The fraction of sp³-hybridized carbons (Fsp3) is 0.273. The van der Waals surface area contributed by atoms with Crippen LogP contribution >= 0.6 is 15.9 Å². The molecule has 0 saturated carbocycles. The summed E-state index contributed by atoms with van der Waals surface area (Å²) < 4.78 is 1.19. The molecule has 1 nitrogen and oxygen atoms in total. The van der Waals surface area contributed by atoms with E-state index in [2.05, 4.69) is 53.1 Å². The van der Waals surface area contributed by atoms with Gasteiger partial charge in [-0.2, -0.15) is 0 Å². The second kappa shape index (κ2) is 3.18. The highest BCUT2D eigenvalue weighted by Crippen LogP contribution is 2.29. The summed E-state index contributed by atoms with van der Waals surface area (Å²) in [5.74, 6) is 0. The van der Waals surface area contributed by atoms with Crippen molar-refractivity contribution < 1.29 is 0 Å². The van der Waals surface area contributed by atoms with Crippen LogP contribution in [0.15, 0.2) is 22.8 Å². The van der Waals surface area contributed by atoms with Crippen LogP contribution in [0.2, 0.25) is 0 Å². The topological polar surface area (TPSA) is 15.8 Å². The summed E-state index contributed by atoms with van der Waals surface area (Å²) in [6.45, 7) is 4.31. The van der Waals surface area contributed by atoms with Crippen LogP contribution in [0.3, 0.4) is 0 Å². The Labute approximate surface area is 86.3 Å². The molecular weight excluding hydrogens is 226 g/mol. The lowest BCUT2D eigenvalue weighted by atomic mass is 10.1. The molecule has 0 radical (unpaired) electrons. The number of hydrogen-bond donors (Lipinski definition) is 1. The van der Waals surface area contributed by atoms with Gasteiger partial charge in [-0.15, -0.1) is 0 Å². The lowest BCUT2D eigenvalue weighted by molar-refractivity contribution is 1.15. The van der Waals surface area contributed by atoms with Crippen LogP contribution < -0.4 is 0 Å². The third-order valence-corrected chi connectivity index (χ3v) is 3.12. The lowest BCUT2D eigenvalue weighted by Gasteiger charge is -2.00. The monoisotopic (exact) mass is 237 g/mol. The van der Waals surface area contributed by atoms with Crippen molar-refractivity contribution >= 4 is 26.8 Å². The summed E-state index contributed by atoms with van der Waals surface area (Å²) >= 11 is 3.58. The predicted molar refractivity (Wildman–Crippen MR) is 60.1 cm³/mol. The van der Waals surface area contributed by atoms with E-state index in [4.69, 9.17) is 0 Å². The van der Waals surface area contributed by atoms with E-state index in [0.717, 1.165) is 6.42 Å². The summed E-state index contributed by atoms with van der Waals surface area (Å²) in [7, 11) is 0. The molecule has 13 heavy (non-hydrogen) atoms. The maximum absolute atomic E-state index is 3.58. The van der Waals surface area contributed by atoms with Gasteiger partial charge in [0.25, 0.3) is 0 Å². The number of H-pyrrole nitrogens is 1. The fourth-order valence-electron chi connectivity index (χ4n) is 1.69. The van der Waals surface area contributed by atoms with E-state index in [0.29, 0.717) is 0 Å². The third kappa shape index (κ3) is 1.29. The lowest BCUT2D eigenvalue weighted by Crippen LogP contribution is -1.79. The average molecular weight is 238 g/mol. The van der Waals surface area contributed by atoms with E-state index in [1.807, 2.05) is 0 Å². The van der Waals surface area contributed by atoms with Gasteiger partial charge in [-0.05, 0) is 30.5 Å². The molecule has 2 rings (SSSR count). The van der Waals surface area contributed by atoms with Crippen LogP contribution in [0.1, 0.15) is 18.1 Å². The second-order valence-electron chi connectivity index (χ2n) is 3.28. The SMILES string of the molecule is CCc1c[nH]c2c(C)ccc(Br)c12. The average Bonchev–Trinajstić information content (AvgIpc) is 2.56. The molecule has 2 heteroatoms. The largest absolute Gasteiger partial charge is 0.361 e. The quantitative estimate of drug-likeness (QED) is 0.777. The van der Waals surface area contributed by atoms with E-state index in [9.17, 15) is 0 Å². The van der Waals surface area contributed by atoms with Gasteiger partial charge in [0.1, 0.15) is 0 Å². The van der Waals surface area contributed by atoms with Crippen LogP contribution in [0.25, 0.3) is 10.9 Å². The van der Waals surface area contributed by atoms with Crippen molar-refractivity contribution in [1.82, 2.24) is 4.98 Å². The van der Waals surface area contributed by atoms with Gasteiger partial charge < -0.3 is 4.98 Å². The zero-order chi connectivity index (χ0) is 9.42. The fourth-order valence-corrected chi connectivity index (χ4v) is 2.28. The number of rotatable bonds is 1. The highest BCUT2D eigenvalue weighted by molar-refractivity contribution is 9.10. The Morgan fingerprint density at radius 3 is 2.85 bits per heavy atom. The van der Waals surface area contributed by atoms with Crippen molar-refractivity contribution in [2.45, 2.75) is 20.3 Å². The molecule has 0 bridgehead atoms. The molecule has 1 N–H and O–H groups in total. The number of aryl methyl sites for hydroxylation is 2. The Bertz CT molecular complexity index is 443. The number of halogens is 1.